The second-order valence-corrected chi connectivity index (χ2v) is 7.20. The number of anilines is 2. The number of nitrogens with two attached hydrogens (primary N) is 1. The molecule has 0 aliphatic heterocycles. The lowest BCUT2D eigenvalue weighted by Crippen LogP contribution is -2.40. The third-order valence-electron chi connectivity index (χ3n) is 5.15. The van der Waals surface area contributed by atoms with Gasteiger partial charge in [-0.15, -0.1) is 0 Å². The maximum Gasteiger partial charge on any atom is 0.330 e. The molecule has 10 nitrogen and oxygen atoms in total. The second-order valence-electron chi connectivity index (χ2n) is 7.20. The minimum atomic E-state index is -0.773. The first-order valence-electron chi connectivity index (χ1n) is 9.74. The fourth-order valence-corrected chi connectivity index (χ4v) is 3.47. The number of likely N-dealkylation sites (N-methyl/N-ethyl adjacent to an activating group) is 1. The van der Waals surface area contributed by atoms with E-state index >= 15 is 0 Å². The maximum absolute atomic E-state index is 13.0. The molecule has 0 aliphatic carbocycles. The molecule has 0 atom stereocenters. The number of carbonyl (C=O) groups excluding carboxylic acids is 1. The number of carbonyl (C=O) groups is 1. The molecule has 0 bridgehead atoms. The van der Waals surface area contributed by atoms with Crippen molar-refractivity contribution in [3.63, 3.8) is 0 Å². The van der Waals surface area contributed by atoms with Gasteiger partial charge in [0, 0.05) is 12.4 Å². The normalized spacial score (nSPS) is 10.9. The van der Waals surface area contributed by atoms with Gasteiger partial charge in [0.05, 0.1) is 18.3 Å². The van der Waals surface area contributed by atoms with Gasteiger partial charge in [-0.2, -0.15) is 5.10 Å². The molecule has 0 unspecified atom stereocenters. The molecule has 0 fully saturated rings. The van der Waals surface area contributed by atoms with Crippen LogP contribution in [0.3, 0.4) is 0 Å². The summed E-state index contributed by atoms with van der Waals surface area (Å²) in [7, 11) is 1.39. The summed E-state index contributed by atoms with van der Waals surface area (Å²) in [5, 5.41) is 4.46. The third kappa shape index (κ3) is 3.81. The van der Waals surface area contributed by atoms with E-state index in [-0.39, 0.29) is 30.0 Å². The molecule has 1 amide bonds. The van der Waals surface area contributed by atoms with Crippen molar-refractivity contribution in [2.24, 2.45) is 0 Å². The number of hydrogen-bond donors (Lipinski definition) is 2. The summed E-state index contributed by atoms with van der Waals surface area (Å²) < 4.78 is 2.57. The molecule has 2 aromatic heterocycles. The first-order valence-corrected chi connectivity index (χ1v) is 9.74. The molecular formula is C22H20N6O4. The van der Waals surface area contributed by atoms with Gasteiger partial charge >= 0.3 is 5.69 Å². The van der Waals surface area contributed by atoms with E-state index in [2.05, 4.69) is 10.1 Å². The molecule has 0 aliphatic rings. The van der Waals surface area contributed by atoms with Crippen molar-refractivity contribution in [1.29, 1.82) is 0 Å². The number of fused-ring (bicyclic) bond motifs is 1. The van der Waals surface area contributed by atoms with Crippen LogP contribution in [0.5, 0.6) is 0 Å². The van der Waals surface area contributed by atoms with E-state index in [0.717, 1.165) is 16.7 Å². The molecule has 3 N–H and O–H groups in total. The lowest BCUT2D eigenvalue weighted by Gasteiger charge is -2.21. The Labute approximate surface area is 181 Å². The van der Waals surface area contributed by atoms with Gasteiger partial charge in [-0.1, -0.05) is 42.5 Å². The average molecular weight is 432 g/mol. The molecule has 2 heterocycles. The smallest absolute Gasteiger partial charge is 0.330 e. The summed E-state index contributed by atoms with van der Waals surface area (Å²) in [6.07, 6.45) is 1.14. The van der Waals surface area contributed by atoms with Gasteiger partial charge in [-0.25, -0.2) is 4.79 Å². The molecule has 2 aromatic carbocycles. The fraction of sp³-hybridized carbons (Fsp3) is 0.136. The van der Waals surface area contributed by atoms with Crippen molar-refractivity contribution in [1.82, 2.24) is 19.3 Å². The minimum absolute atomic E-state index is 0.128. The number of para-hydroxylation sites is 1. The van der Waals surface area contributed by atoms with Gasteiger partial charge in [0.25, 0.3) is 5.56 Å². The van der Waals surface area contributed by atoms with E-state index in [4.69, 9.17) is 5.73 Å². The van der Waals surface area contributed by atoms with Crippen molar-refractivity contribution in [2.75, 3.05) is 17.7 Å². The molecule has 0 saturated heterocycles. The monoisotopic (exact) mass is 432 g/mol. The van der Waals surface area contributed by atoms with E-state index in [1.807, 2.05) is 30.3 Å². The molecule has 4 aromatic rings. The van der Waals surface area contributed by atoms with Gasteiger partial charge in [-0.05, 0) is 17.7 Å². The quantitative estimate of drug-likeness (QED) is 0.472. The van der Waals surface area contributed by atoms with Crippen molar-refractivity contribution < 1.29 is 4.79 Å². The predicted octanol–water partition coefficient (Wildman–Crippen LogP) is 0.540. The molecule has 0 spiro atoms. The Kier molecular flexibility index (Phi) is 5.42. The molecule has 32 heavy (non-hydrogen) atoms. The van der Waals surface area contributed by atoms with Crippen molar-refractivity contribution in [3.8, 4) is 0 Å². The molecule has 0 saturated carbocycles. The number of benzene rings is 2. The average Bonchev–Trinajstić information content (AvgIpc) is 2.79. The number of nitrogens with one attached hydrogen (secondary N) is 1. The summed E-state index contributed by atoms with van der Waals surface area (Å²) in [6, 6.07) is 15.9. The highest BCUT2D eigenvalue weighted by Crippen LogP contribution is 2.17. The van der Waals surface area contributed by atoms with E-state index in [0.29, 0.717) is 10.9 Å². The van der Waals surface area contributed by atoms with E-state index in [1.54, 1.807) is 24.3 Å². The van der Waals surface area contributed by atoms with Crippen LogP contribution in [0.4, 0.5) is 11.5 Å². The molecule has 4 rings (SSSR count). The van der Waals surface area contributed by atoms with Gasteiger partial charge in [0.15, 0.2) is 5.69 Å². The van der Waals surface area contributed by atoms with Crippen LogP contribution < -0.4 is 27.3 Å². The fourth-order valence-electron chi connectivity index (χ4n) is 3.47. The van der Waals surface area contributed by atoms with E-state index in [9.17, 15) is 19.2 Å². The van der Waals surface area contributed by atoms with Gasteiger partial charge in [0.2, 0.25) is 11.3 Å². The highest BCUT2D eigenvalue weighted by molar-refractivity contribution is 5.95. The summed E-state index contributed by atoms with van der Waals surface area (Å²) >= 11 is 0. The Morgan fingerprint density at radius 2 is 1.75 bits per heavy atom. The van der Waals surface area contributed by atoms with Crippen LogP contribution in [0.15, 0.2) is 75.2 Å². The standard InChI is InChI=1S/C22H20N6O4/c1-26(18(30)13-28-16-10-6-5-9-15(16)17(29)11-24-28)19-20(23)27(22(32)25-21(19)31)12-14-7-3-2-4-8-14/h2-11H,12-13,23H2,1H3,(H,25,31,32). The number of nitrogen functional groups attached to an aromatic ring is 1. The Balaban J connectivity index is 1.70. The number of H-pyrrole nitrogens is 1. The van der Waals surface area contributed by atoms with Crippen LogP contribution >= 0.6 is 0 Å². The number of aromatic amines is 1. The number of aromatic nitrogens is 4. The van der Waals surface area contributed by atoms with Crippen molar-refractivity contribution in [2.45, 2.75) is 13.1 Å². The second kappa shape index (κ2) is 8.34. The minimum Gasteiger partial charge on any atom is -0.383 e. The van der Waals surface area contributed by atoms with Crippen molar-refractivity contribution >= 4 is 28.3 Å². The van der Waals surface area contributed by atoms with Crippen LogP contribution in [0.25, 0.3) is 10.9 Å². The Hall–Kier alpha value is -4.47. The zero-order valence-electron chi connectivity index (χ0n) is 17.2. The van der Waals surface area contributed by atoms with Crippen LogP contribution in [-0.2, 0) is 17.9 Å². The van der Waals surface area contributed by atoms with Gasteiger partial charge in [-0.3, -0.25) is 28.6 Å². The van der Waals surface area contributed by atoms with Gasteiger partial charge in [0.1, 0.15) is 12.4 Å². The zero-order chi connectivity index (χ0) is 22.8. The van der Waals surface area contributed by atoms with Gasteiger partial charge < -0.3 is 10.6 Å². The first kappa shape index (κ1) is 20.8. The van der Waals surface area contributed by atoms with Crippen LogP contribution in [0, 0.1) is 0 Å². The van der Waals surface area contributed by atoms with E-state index in [1.165, 1.54) is 16.3 Å². The third-order valence-corrected chi connectivity index (χ3v) is 5.15. The highest BCUT2D eigenvalue weighted by Gasteiger charge is 2.22. The number of amides is 1. The Morgan fingerprint density at radius 3 is 2.50 bits per heavy atom. The molecule has 162 valence electrons. The SMILES string of the molecule is CN(C(=O)Cn1ncc(=O)c2ccccc21)c1c(N)n(Cc2ccccc2)c(=O)[nH]c1=O. The zero-order valence-corrected chi connectivity index (χ0v) is 17.2. The van der Waals surface area contributed by atoms with Crippen molar-refractivity contribution in [3.05, 3.63) is 97.4 Å². The van der Waals surface area contributed by atoms with Crippen LogP contribution in [-0.4, -0.2) is 32.3 Å². The summed E-state index contributed by atoms with van der Waals surface area (Å²) in [5.74, 6) is -0.635. The number of rotatable bonds is 5. The molecule has 10 heteroatoms. The van der Waals surface area contributed by atoms with Crippen LogP contribution in [0.2, 0.25) is 0 Å². The number of hydrogen-bond acceptors (Lipinski definition) is 6. The predicted molar refractivity (Wildman–Crippen MR) is 121 cm³/mol. The summed E-state index contributed by atoms with van der Waals surface area (Å²) in [5.41, 5.74) is 5.60. The largest absolute Gasteiger partial charge is 0.383 e. The number of nitrogens with zero attached hydrogens (tertiary/aromatic N) is 4. The maximum atomic E-state index is 13.0. The van der Waals surface area contributed by atoms with E-state index < -0.39 is 17.2 Å². The highest BCUT2D eigenvalue weighted by atomic mass is 16.2. The Bertz CT molecular complexity index is 1490. The summed E-state index contributed by atoms with van der Waals surface area (Å²) in [4.78, 5) is 53.2. The first-order chi connectivity index (χ1) is 15.4. The molecular weight excluding hydrogens is 412 g/mol. The molecule has 0 radical (unpaired) electrons. The summed E-state index contributed by atoms with van der Waals surface area (Å²) in [6.45, 7) is -0.114. The lowest BCUT2D eigenvalue weighted by molar-refractivity contribution is -0.119. The lowest BCUT2D eigenvalue weighted by atomic mass is 10.2. The topological polar surface area (TPSA) is 136 Å². The Morgan fingerprint density at radius 1 is 1.06 bits per heavy atom. The van der Waals surface area contributed by atoms with Crippen LogP contribution in [0.1, 0.15) is 5.56 Å².